The number of carbonyl (C=O) groups is 2. The molecule has 3 rings (SSSR count). The number of rotatable bonds is 1. The number of fused-ring (bicyclic) bond motifs is 1. The summed E-state index contributed by atoms with van der Waals surface area (Å²) < 4.78 is 5.39. The lowest BCUT2D eigenvalue weighted by molar-refractivity contribution is 0.0169. The first kappa shape index (κ1) is 21.5. The molecule has 0 bridgehead atoms. The van der Waals surface area contributed by atoms with Gasteiger partial charge in [0.2, 0.25) is 0 Å². The van der Waals surface area contributed by atoms with Gasteiger partial charge in [0.1, 0.15) is 5.60 Å². The van der Waals surface area contributed by atoms with Crippen LogP contribution in [-0.4, -0.2) is 59.7 Å². The summed E-state index contributed by atoms with van der Waals surface area (Å²) in [5.41, 5.74) is 0.394. The summed E-state index contributed by atoms with van der Waals surface area (Å²) in [7, 11) is 0. The maximum atomic E-state index is 12.5. The highest BCUT2D eigenvalue weighted by Crippen LogP contribution is 2.15. The van der Waals surface area contributed by atoms with E-state index < -0.39 is 5.60 Å². The summed E-state index contributed by atoms with van der Waals surface area (Å²) in [6, 6.07) is 13.8. The molecule has 1 saturated heterocycles. The second-order valence-electron chi connectivity index (χ2n) is 8.46. The molecule has 0 aromatic heterocycles. The number of nitrogens with one attached hydrogen (secondary N) is 1. The summed E-state index contributed by atoms with van der Waals surface area (Å²) in [6.45, 7) is 9.24. The zero-order chi connectivity index (χ0) is 21.7. The molecule has 6 heteroatoms. The van der Waals surface area contributed by atoms with Crippen molar-refractivity contribution in [3.8, 4) is 11.8 Å². The molecule has 158 valence electrons. The van der Waals surface area contributed by atoms with Gasteiger partial charge in [-0.1, -0.05) is 42.2 Å². The SMILES string of the molecule is CC(C#Cc1ccc2ccccc2c1)NC(=O)N1CCN(C(=O)OC(C)(C)C)CC1. The van der Waals surface area contributed by atoms with Crippen LogP contribution in [0.5, 0.6) is 0 Å². The van der Waals surface area contributed by atoms with Gasteiger partial charge in [-0.25, -0.2) is 9.59 Å². The number of piperazine rings is 1. The number of amides is 3. The maximum Gasteiger partial charge on any atom is 0.410 e. The van der Waals surface area contributed by atoms with E-state index in [0.29, 0.717) is 26.2 Å². The Labute approximate surface area is 178 Å². The number of nitrogens with zero attached hydrogens (tertiary/aromatic N) is 2. The number of benzene rings is 2. The summed E-state index contributed by atoms with van der Waals surface area (Å²) in [4.78, 5) is 28.0. The van der Waals surface area contributed by atoms with Crippen molar-refractivity contribution >= 4 is 22.9 Å². The van der Waals surface area contributed by atoms with E-state index in [2.05, 4.69) is 29.3 Å². The van der Waals surface area contributed by atoms with Gasteiger partial charge >= 0.3 is 12.1 Å². The molecule has 1 aliphatic rings. The molecule has 2 aromatic carbocycles. The van der Waals surface area contributed by atoms with Crippen molar-refractivity contribution in [1.82, 2.24) is 15.1 Å². The topological polar surface area (TPSA) is 61.9 Å². The minimum absolute atomic E-state index is 0.167. The molecule has 6 nitrogen and oxygen atoms in total. The van der Waals surface area contributed by atoms with E-state index >= 15 is 0 Å². The summed E-state index contributed by atoms with van der Waals surface area (Å²) in [6.07, 6.45) is -0.336. The van der Waals surface area contributed by atoms with Gasteiger partial charge in [-0.2, -0.15) is 0 Å². The Morgan fingerprint density at radius 1 is 1.00 bits per heavy atom. The van der Waals surface area contributed by atoms with Gasteiger partial charge in [0.25, 0.3) is 0 Å². The monoisotopic (exact) mass is 407 g/mol. The Morgan fingerprint density at radius 2 is 1.63 bits per heavy atom. The van der Waals surface area contributed by atoms with Gasteiger partial charge in [-0.15, -0.1) is 0 Å². The molecule has 1 fully saturated rings. The van der Waals surface area contributed by atoms with Crippen molar-refractivity contribution in [2.24, 2.45) is 0 Å². The molecular weight excluding hydrogens is 378 g/mol. The molecule has 0 aliphatic carbocycles. The largest absolute Gasteiger partial charge is 0.444 e. The second-order valence-corrected chi connectivity index (χ2v) is 8.46. The summed E-state index contributed by atoms with van der Waals surface area (Å²) in [5, 5.41) is 5.24. The lowest BCUT2D eigenvalue weighted by Crippen LogP contribution is -2.54. The van der Waals surface area contributed by atoms with Crippen molar-refractivity contribution in [2.45, 2.75) is 39.3 Å². The zero-order valence-corrected chi connectivity index (χ0v) is 18.1. The third-order valence-electron chi connectivity index (χ3n) is 4.74. The standard InChI is InChI=1S/C24H29N3O3/c1-18(9-10-19-11-12-20-7-5-6-8-21(20)17-19)25-22(28)26-13-15-27(16-14-26)23(29)30-24(2,3)4/h5-8,11-12,17-18H,13-16H2,1-4H3,(H,25,28). The number of hydrogen-bond acceptors (Lipinski definition) is 3. The average Bonchev–Trinajstić information content (AvgIpc) is 2.71. The number of urea groups is 1. The molecular formula is C24H29N3O3. The predicted octanol–water partition coefficient (Wildman–Crippen LogP) is 3.84. The van der Waals surface area contributed by atoms with Gasteiger partial charge < -0.3 is 19.9 Å². The van der Waals surface area contributed by atoms with Crippen LogP contribution in [-0.2, 0) is 4.74 Å². The minimum Gasteiger partial charge on any atom is -0.444 e. The molecule has 30 heavy (non-hydrogen) atoms. The van der Waals surface area contributed by atoms with E-state index in [1.54, 1.807) is 9.80 Å². The lowest BCUT2D eigenvalue weighted by atomic mass is 10.1. The third-order valence-corrected chi connectivity index (χ3v) is 4.74. The van der Waals surface area contributed by atoms with Crippen LogP contribution >= 0.6 is 0 Å². The summed E-state index contributed by atoms with van der Waals surface area (Å²) >= 11 is 0. The Hall–Kier alpha value is -3.20. The zero-order valence-electron chi connectivity index (χ0n) is 18.1. The van der Waals surface area contributed by atoms with E-state index in [1.165, 1.54) is 5.39 Å². The van der Waals surface area contributed by atoms with Crippen LogP contribution in [0.3, 0.4) is 0 Å². The highest BCUT2D eigenvalue weighted by atomic mass is 16.6. The predicted molar refractivity (Wildman–Crippen MR) is 118 cm³/mol. The molecule has 1 aliphatic heterocycles. The van der Waals surface area contributed by atoms with Crippen LogP contribution in [0.4, 0.5) is 9.59 Å². The van der Waals surface area contributed by atoms with Crippen LogP contribution in [0.1, 0.15) is 33.3 Å². The lowest BCUT2D eigenvalue weighted by Gasteiger charge is -2.35. The van der Waals surface area contributed by atoms with E-state index in [0.717, 1.165) is 10.9 Å². The molecule has 1 atom stereocenters. The first-order valence-electron chi connectivity index (χ1n) is 10.2. The fraction of sp³-hybridized carbons (Fsp3) is 0.417. The molecule has 0 spiro atoms. The van der Waals surface area contributed by atoms with Crippen molar-refractivity contribution in [3.05, 3.63) is 48.0 Å². The Morgan fingerprint density at radius 3 is 2.30 bits per heavy atom. The van der Waals surface area contributed by atoms with Gasteiger partial charge in [-0.3, -0.25) is 0 Å². The fourth-order valence-electron chi connectivity index (χ4n) is 3.19. The molecule has 0 radical (unpaired) electrons. The van der Waals surface area contributed by atoms with Gasteiger partial charge in [0.15, 0.2) is 0 Å². The van der Waals surface area contributed by atoms with E-state index in [-0.39, 0.29) is 18.2 Å². The van der Waals surface area contributed by atoms with Crippen LogP contribution < -0.4 is 5.32 Å². The van der Waals surface area contributed by atoms with Gasteiger partial charge in [-0.05, 0) is 50.6 Å². The van der Waals surface area contributed by atoms with Gasteiger partial charge in [0, 0.05) is 31.7 Å². The molecule has 2 aromatic rings. The fourth-order valence-corrected chi connectivity index (χ4v) is 3.19. The van der Waals surface area contributed by atoms with Crippen LogP contribution in [0, 0.1) is 11.8 Å². The first-order valence-corrected chi connectivity index (χ1v) is 10.2. The average molecular weight is 408 g/mol. The van der Waals surface area contributed by atoms with E-state index in [1.807, 2.05) is 58.0 Å². The smallest absolute Gasteiger partial charge is 0.410 e. The van der Waals surface area contributed by atoms with Crippen LogP contribution in [0.25, 0.3) is 10.8 Å². The summed E-state index contributed by atoms with van der Waals surface area (Å²) in [5.74, 6) is 6.23. The molecule has 3 amide bonds. The van der Waals surface area contributed by atoms with E-state index in [4.69, 9.17) is 4.74 Å². The number of carbonyl (C=O) groups excluding carboxylic acids is 2. The minimum atomic E-state index is -0.523. The molecule has 1 heterocycles. The maximum absolute atomic E-state index is 12.5. The number of ether oxygens (including phenoxy) is 1. The van der Waals surface area contributed by atoms with Gasteiger partial charge in [0.05, 0.1) is 6.04 Å². The first-order chi connectivity index (χ1) is 14.2. The highest BCUT2D eigenvalue weighted by Gasteiger charge is 2.27. The van der Waals surface area contributed by atoms with Crippen molar-refractivity contribution in [3.63, 3.8) is 0 Å². The highest BCUT2D eigenvalue weighted by molar-refractivity contribution is 5.83. The Balaban J connectivity index is 1.50. The van der Waals surface area contributed by atoms with E-state index in [9.17, 15) is 9.59 Å². The number of hydrogen-bond donors (Lipinski definition) is 1. The second kappa shape index (κ2) is 9.08. The molecule has 1 N–H and O–H groups in total. The van der Waals surface area contributed by atoms with Crippen LogP contribution in [0.15, 0.2) is 42.5 Å². The third kappa shape index (κ3) is 5.90. The Bertz CT molecular complexity index is 976. The Kier molecular flexibility index (Phi) is 6.51. The van der Waals surface area contributed by atoms with Crippen molar-refractivity contribution in [1.29, 1.82) is 0 Å². The quantitative estimate of drug-likeness (QED) is 0.731. The molecule has 0 saturated carbocycles. The van der Waals surface area contributed by atoms with Crippen LogP contribution in [0.2, 0.25) is 0 Å². The van der Waals surface area contributed by atoms with Crippen molar-refractivity contribution in [2.75, 3.05) is 26.2 Å². The molecule has 1 unspecified atom stereocenters. The normalized spacial score (nSPS) is 15.2. The van der Waals surface area contributed by atoms with Crippen molar-refractivity contribution < 1.29 is 14.3 Å².